The number of hydrogen-bond acceptors (Lipinski definition) is 4. The number of aromatic carboxylic acids is 1. The molecular weight excluding hydrogens is 307 g/mol. The number of amides is 1. The van der Waals surface area contributed by atoms with Crippen molar-refractivity contribution in [2.75, 3.05) is 5.32 Å². The summed E-state index contributed by atoms with van der Waals surface area (Å²) in [6.45, 7) is 4.73. The second kappa shape index (κ2) is 6.12. The molecule has 9 heteroatoms. The van der Waals surface area contributed by atoms with Crippen LogP contribution < -0.4 is 10.1 Å². The van der Waals surface area contributed by atoms with Crippen molar-refractivity contribution < 1.29 is 37.3 Å². The summed E-state index contributed by atoms with van der Waals surface area (Å²) >= 11 is 0. The molecule has 0 unspecified atom stereocenters. The van der Waals surface area contributed by atoms with Gasteiger partial charge in [0.25, 0.3) is 0 Å². The summed E-state index contributed by atoms with van der Waals surface area (Å²) in [5.41, 5.74) is -1.64. The smallest absolute Gasteiger partial charge is 0.478 e. The number of halogens is 3. The summed E-state index contributed by atoms with van der Waals surface area (Å²) < 4.78 is 45.7. The molecule has 6 nitrogen and oxygen atoms in total. The van der Waals surface area contributed by atoms with Gasteiger partial charge in [-0.3, -0.25) is 5.32 Å². The number of anilines is 1. The molecule has 122 valence electrons. The van der Waals surface area contributed by atoms with Crippen LogP contribution in [0.15, 0.2) is 18.2 Å². The Balaban J connectivity index is 3.07. The molecule has 0 bridgehead atoms. The average molecular weight is 321 g/mol. The molecule has 0 aliphatic carbocycles. The van der Waals surface area contributed by atoms with Gasteiger partial charge in [0.05, 0.1) is 11.3 Å². The van der Waals surface area contributed by atoms with Crippen LogP contribution in [-0.4, -0.2) is 29.1 Å². The summed E-state index contributed by atoms with van der Waals surface area (Å²) in [4.78, 5) is 22.4. The minimum atomic E-state index is -5.04. The number of carbonyl (C=O) groups excluding carboxylic acids is 1. The lowest BCUT2D eigenvalue weighted by Crippen LogP contribution is -2.27. The van der Waals surface area contributed by atoms with Crippen LogP contribution in [0.3, 0.4) is 0 Å². The van der Waals surface area contributed by atoms with Gasteiger partial charge in [0.1, 0.15) is 5.60 Å². The van der Waals surface area contributed by atoms with Gasteiger partial charge in [0.15, 0.2) is 5.75 Å². The van der Waals surface area contributed by atoms with E-state index in [0.29, 0.717) is 6.07 Å². The second-order valence-corrected chi connectivity index (χ2v) is 5.19. The fourth-order valence-electron chi connectivity index (χ4n) is 1.38. The third-order valence-electron chi connectivity index (χ3n) is 2.09. The second-order valence-electron chi connectivity index (χ2n) is 5.19. The van der Waals surface area contributed by atoms with E-state index in [4.69, 9.17) is 9.84 Å². The van der Waals surface area contributed by atoms with Gasteiger partial charge in [-0.25, -0.2) is 9.59 Å². The van der Waals surface area contributed by atoms with Crippen molar-refractivity contribution in [2.45, 2.75) is 32.7 Å². The lowest BCUT2D eigenvalue weighted by atomic mass is 10.2. The lowest BCUT2D eigenvalue weighted by Gasteiger charge is -2.20. The maximum absolute atomic E-state index is 12.3. The third kappa shape index (κ3) is 5.90. The number of rotatable bonds is 3. The standard InChI is InChI=1S/C13H14F3NO5/c1-12(2,3)22-11(20)17-8-5-4-7(10(18)19)6-9(8)21-13(14,15)16/h4-6H,1-3H3,(H,17,20)(H,18,19). The van der Waals surface area contributed by atoms with E-state index in [-0.39, 0.29) is 5.69 Å². The average Bonchev–Trinajstić information content (AvgIpc) is 2.26. The van der Waals surface area contributed by atoms with Gasteiger partial charge in [0, 0.05) is 0 Å². The van der Waals surface area contributed by atoms with Gasteiger partial charge in [-0.2, -0.15) is 0 Å². The van der Waals surface area contributed by atoms with Gasteiger partial charge in [-0.05, 0) is 39.0 Å². The van der Waals surface area contributed by atoms with Crippen molar-refractivity contribution in [3.63, 3.8) is 0 Å². The highest BCUT2D eigenvalue weighted by Crippen LogP contribution is 2.31. The van der Waals surface area contributed by atoms with Crippen molar-refractivity contribution in [1.82, 2.24) is 0 Å². The molecule has 1 amide bonds. The van der Waals surface area contributed by atoms with Gasteiger partial charge in [-0.1, -0.05) is 0 Å². The molecule has 22 heavy (non-hydrogen) atoms. The molecule has 0 aromatic heterocycles. The van der Waals surface area contributed by atoms with Crippen LogP contribution in [0.25, 0.3) is 0 Å². The molecule has 0 spiro atoms. The Bertz CT molecular complexity index is 578. The van der Waals surface area contributed by atoms with E-state index in [9.17, 15) is 22.8 Å². The van der Waals surface area contributed by atoms with E-state index in [2.05, 4.69) is 10.1 Å². The Labute approximate surface area is 123 Å². The molecule has 0 radical (unpaired) electrons. The zero-order valence-electron chi connectivity index (χ0n) is 11.9. The van der Waals surface area contributed by atoms with Crippen molar-refractivity contribution in [2.24, 2.45) is 0 Å². The molecule has 0 fully saturated rings. The highest BCUT2D eigenvalue weighted by molar-refractivity contribution is 5.92. The van der Waals surface area contributed by atoms with Gasteiger partial charge >= 0.3 is 18.4 Å². The number of ether oxygens (including phenoxy) is 2. The molecule has 0 heterocycles. The predicted octanol–water partition coefficient (Wildman–Crippen LogP) is 3.63. The molecule has 0 aliphatic heterocycles. The first-order valence-electron chi connectivity index (χ1n) is 6.00. The Hall–Kier alpha value is -2.45. The molecule has 0 atom stereocenters. The highest BCUT2D eigenvalue weighted by atomic mass is 19.4. The van der Waals surface area contributed by atoms with E-state index in [1.807, 2.05) is 0 Å². The number of benzene rings is 1. The Morgan fingerprint density at radius 1 is 1.18 bits per heavy atom. The Kier molecular flexibility index (Phi) is 4.90. The molecule has 1 aromatic rings. The summed E-state index contributed by atoms with van der Waals surface area (Å²) in [6, 6.07) is 2.66. The fraction of sp³-hybridized carbons (Fsp3) is 0.385. The normalized spacial score (nSPS) is 11.7. The number of alkyl halides is 3. The number of carbonyl (C=O) groups is 2. The van der Waals surface area contributed by atoms with Crippen LogP contribution in [0, 0.1) is 0 Å². The van der Waals surface area contributed by atoms with Gasteiger partial charge < -0.3 is 14.6 Å². The molecular formula is C13H14F3NO5. The molecule has 2 N–H and O–H groups in total. The molecule has 0 aliphatic rings. The van der Waals surface area contributed by atoms with E-state index in [1.54, 1.807) is 20.8 Å². The van der Waals surface area contributed by atoms with Crippen LogP contribution in [-0.2, 0) is 4.74 Å². The van der Waals surface area contributed by atoms with Gasteiger partial charge in [0.2, 0.25) is 0 Å². The Morgan fingerprint density at radius 2 is 1.77 bits per heavy atom. The van der Waals surface area contributed by atoms with E-state index in [1.165, 1.54) is 0 Å². The first-order valence-corrected chi connectivity index (χ1v) is 6.00. The topological polar surface area (TPSA) is 84.9 Å². The van der Waals surface area contributed by atoms with Crippen LogP contribution in [0.1, 0.15) is 31.1 Å². The SMILES string of the molecule is CC(C)(C)OC(=O)Nc1ccc(C(=O)O)cc1OC(F)(F)F. The fourth-order valence-corrected chi connectivity index (χ4v) is 1.38. The minimum absolute atomic E-state index is 0.364. The number of carboxylic acids is 1. The van der Waals surface area contributed by atoms with E-state index in [0.717, 1.165) is 12.1 Å². The quantitative estimate of drug-likeness (QED) is 0.888. The monoisotopic (exact) mass is 321 g/mol. The minimum Gasteiger partial charge on any atom is -0.478 e. The predicted molar refractivity (Wildman–Crippen MR) is 69.9 cm³/mol. The third-order valence-corrected chi connectivity index (χ3v) is 2.09. The van der Waals surface area contributed by atoms with Crippen LogP contribution in [0.2, 0.25) is 0 Å². The maximum atomic E-state index is 12.3. The molecule has 0 saturated heterocycles. The van der Waals surface area contributed by atoms with Crippen LogP contribution in [0.5, 0.6) is 5.75 Å². The number of nitrogens with one attached hydrogen (secondary N) is 1. The Morgan fingerprint density at radius 3 is 2.23 bits per heavy atom. The van der Waals surface area contributed by atoms with Gasteiger partial charge in [-0.15, -0.1) is 13.2 Å². The molecule has 1 aromatic carbocycles. The zero-order valence-corrected chi connectivity index (χ0v) is 11.9. The summed E-state index contributed by atoms with van der Waals surface area (Å²) in [7, 11) is 0. The zero-order chi connectivity index (χ0) is 17.1. The lowest BCUT2D eigenvalue weighted by molar-refractivity contribution is -0.274. The first kappa shape index (κ1) is 17.6. The first-order chi connectivity index (χ1) is 9.87. The summed E-state index contributed by atoms with van der Waals surface area (Å²) in [6.07, 6.45) is -6.04. The largest absolute Gasteiger partial charge is 0.573 e. The number of hydrogen-bond donors (Lipinski definition) is 2. The summed E-state index contributed by atoms with van der Waals surface area (Å²) in [5.74, 6) is -2.28. The molecule has 1 rings (SSSR count). The highest BCUT2D eigenvalue weighted by Gasteiger charge is 2.33. The van der Waals surface area contributed by atoms with Crippen molar-refractivity contribution >= 4 is 17.7 Å². The van der Waals surface area contributed by atoms with Crippen LogP contribution >= 0.6 is 0 Å². The maximum Gasteiger partial charge on any atom is 0.573 e. The van der Waals surface area contributed by atoms with Crippen molar-refractivity contribution in [3.05, 3.63) is 23.8 Å². The molecule has 0 saturated carbocycles. The summed E-state index contributed by atoms with van der Waals surface area (Å²) in [5, 5.41) is 10.9. The van der Waals surface area contributed by atoms with Crippen molar-refractivity contribution in [3.8, 4) is 5.75 Å². The van der Waals surface area contributed by atoms with Crippen LogP contribution in [0.4, 0.5) is 23.7 Å². The number of carboxylic acid groups (broad SMARTS) is 1. The van der Waals surface area contributed by atoms with E-state index >= 15 is 0 Å². The van der Waals surface area contributed by atoms with E-state index < -0.39 is 35.3 Å². The van der Waals surface area contributed by atoms with Crippen molar-refractivity contribution in [1.29, 1.82) is 0 Å².